The fourth-order valence-electron chi connectivity index (χ4n) is 2.47. The van der Waals surface area contributed by atoms with Crippen LogP contribution in [0.4, 0.5) is 0 Å². The second kappa shape index (κ2) is 5.02. The third kappa shape index (κ3) is 2.45. The Morgan fingerprint density at radius 1 is 1.56 bits per heavy atom. The third-order valence-corrected chi connectivity index (χ3v) is 4.95. The molecule has 98 valence electrons. The van der Waals surface area contributed by atoms with Gasteiger partial charge in [0, 0.05) is 16.8 Å². The number of carbonyl (C=O) groups excluding carboxylic acids is 1. The topological polar surface area (TPSA) is 32.3 Å². The van der Waals surface area contributed by atoms with Gasteiger partial charge in [-0.05, 0) is 43.3 Å². The highest BCUT2D eigenvalue weighted by Gasteiger charge is 2.38. The van der Waals surface area contributed by atoms with Crippen molar-refractivity contribution in [2.45, 2.75) is 32.4 Å². The highest BCUT2D eigenvalue weighted by atomic mass is 32.1. The summed E-state index contributed by atoms with van der Waals surface area (Å²) in [5.41, 5.74) is 0. The summed E-state index contributed by atoms with van der Waals surface area (Å²) in [5.74, 6) is 1.08. The Morgan fingerprint density at radius 3 is 2.83 bits per heavy atom. The third-order valence-electron chi connectivity index (χ3n) is 4.09. The molecule has 0 aromatic carbocycles. The maximum absolute atomic E-state index is 12.6. The number of carbonyl (C=O) groups is 1. The van der Waals surface area contributed by atoms with Crippen molar-refractivity contribution in [3.05, 3.63) is 22.4 Å². The average Bonchev–Trinajstić information content (AvgIpc) is 3.00. The summed E-state index contributed by atoms with van der Waals surface area (Å²) in [6, 6.07) is 4.70. The van der Waals surface area contributed by atoms with Crippen LogP contribution in [0.2, 0.25) is 0 Å². The highest BCUT2D eigenvalue weighted by molar-refractivity contribution is 7.09. The van der Waals surface area contributed by atoms with Crippen LogP contribution in [0.5, 0.6) is 0 Å². The standard InChI is InChI=1S/C14H20N2OS/c1-10(11-7-15-8-11)14(17)16(12-4-5-12)9-13-3-2-6-18-13/h2-3,6,10-12,15H,4-5,7-9H2,1H3. The monoisotopic (exact) mass is 264 g/mol. The first-order valence-corrected chi connectivity index (χ1v) is 7.67. The van der Waals surface area contributed by atoms with Crippen molar-refractivity contribution in [2.75, 3.05) is 13.1 Å². The Labute approximate surface area is 112 Å². The van der Waals surface area contributed by atoms with Crippen molar-refractivity contribution in [3.63, 3.8) is 0 Å². The van der Waals surface area contributed by atoms with Gasteiger partial charge in [0.1, 0.15) is 0 Å². The first kappa shape index (κ1) is 12.2. The van der Waals surface area contributed by atoms with Crippen molar-refractivity contribution in [1.29, 1.82) is 0 Å². The highest BCUT2D eigenvalue weighted by Crippen LogP contribution is 2.32. The molecule has 0 radical (unpaired) electrons. The summed E-state index contributed by atoms with van der Waals surface area (Å²) in [6.45, 7) is 4.91. The van der Waals surface area contributed by atoms with E-state index in [4.69, 9.17) is 0 Å². The van der Waals surface area contributed by atoms with Gasteiger partial charge in [-0.3, -0.25) is 4.79 Å². The lowest BCUT2D eigenvalue weighted by Gasteiger charge is -2.35. The van der Waals surface area contributed by atoms with Crippen LogP contribution >= 0.6 is 11.3 Å². The molecule has 1 aliphatic carbocycles. The first-order chi connectivity index (χ1) is 8.75. The SMILES string of the molecule is CC(C(=O)N(Cc1cccs1)C1CC1)C1CNC1. The van der Waals surface area contributed by atoms with Gasteiger partial charge in [0.05, 0.1) is 6.54 Å². The Bertz CT molecular complexity index is 409. The van der Waals surface area contributed by atoms with Gasteiger partial charge < -0.3 is 10.2 Å². The molecule has 4 heteroatoms. The van der Waals surface area contributed by atoms with E-state index in [2.05, 4.69) is 34.7 Å². The minimum absolute atomic E-state index is 0.173. The zero-order valence-corrected chi connectivity index (χ0v) is 11.6. The average molecular weight is 264 g/mol. The molecule has 1 N–H and O–H groups in total. The van der Waals surface area contributed by atoms with Crippen LogP contribution in [0, 0.1) is 11.8 Å². The number of nitrogens with zero attached hydrogens (tertiary/aromatic N) is 1. The van der Waals surface area contributed by atoms with Crippen molar-refractivity contribution >= 4 is 17.2 Å². The molecule has 0 bridgehead atoms. The van der Waals surface area contributed by atoms with E-state index in [9.17, 15) is 4.79 Å². The molecule has 18 heavy (non-hydrogen) atoms. The minimum Gasteiger partial charge on any atom is -0.334 e. The van der Waals surface area contributed by atoms with E-state index in [-0.39, 0.29) is 5.92 Å². The molecular weight excluding hydrogens is 244 g/mol. The molecule has 3 rings (SSSR count). The van der Waals surface area contributed by atoms with Crippen molar-refractivity contribution in [1.82, 2.24) is 10.2 Å². The van der Waals surface area contributed by atoms with E-state index >= 15 is 0 Å². The van der Waals surface area contributed by atoms with Gasteiger partial charge in [0.2, 0.25) is 5.91 Å². The van der Waals surface area contributed by atoms with E-state index < -0.39 is 0 Å². The fourth-order valence-corrected chi connectivity index (χ4v) is 3.17. The molecule has 2 aliphatic rings. The molecular formula is C14H20N2OS. The van der Waals surface area contributed by atoms with E-state index in [0.29, 0.717) is 17.9 Å². The van der Waals surface area contributed by atoms with Crippen molar-refractivity contribution < 1.29 is 4.79 Å². The minimum atomic E-state index is 0.173. The van der Waals surface area contributed by atoms with E-state index in [1.807, 2.05) is 0 Å². The quantitative estimate of drug-likeness (QED) is 0.883. The summed E-state index contributed by atoms with van der Waals surface area (Å²) >= 11 is 1.75. The molecule has 1 saturated carbocycles. The van der Waals surface area contributed by atoms with Crippen LogP contribution in [0.1, 0.15) is 24.6 Å². The van der Waals surface area contributed by atoms with Gasteiger partial charge in [0.15, 0.2) is 0 Å². The second-order valence-corrected chi connectivity index (χ2v) is 6.52. The molecule has 1 aliphatic heterocycles. The predicted octanol–water partition coefficient (Wildman–Crippen LogP) is 2.09. The molecule has 1 aromatic heterocycles. The number of thiophene rings is 1. The maximum atomic E-state index is 12.6. The fraction of sp³-hybridized carbons (Fsp3) is 0.643. The largest absolute Gasteiger partial charge is 0.334 e. The van der Waals surface area contributed by atoms with Crippen molar-refractivity contribution in [2.24, 2.45) is 11.8 Å². The van der Waals surface area contributed by atoms with Crippen LogP contribution in [-0.2, 0) is 11.3 Å². The zero-order chi connectivity index (χ0) is 12.5. The molecule has 1 aromatic rings. The summed E-state index contributed by atoms with van der Waals surface area (Å²) in [7, 11) is 0. The first-order valence-electron chi connectivity index (χ1n) is 6.79. The van der Waals surface area contributed by atoms with Crippen molar-refractivity contribution in [3.8, 4) is 0 Å². The number of amides is 1. The van der Waals surface area contributed by atoms with Gasteiger partial charge in [-0.25, -0.2) is 0 Å². The normalized spacial score (nSPS) is 21.4. The summed E-state index contributed by atoms with van der Waals surface area (Å²) < 4.78 is 0. The Balaban J connectivity index is 1.66. The number of rotatable bonds is 5. The molecule has 3 nitrogen and oxygen atoms in total. The van der Waals surface area contributed by atoms with Crippen LogP contribution < -0.4 is 5.32 Å². The van der Waals surface area contributed by atoms with Gasteiger partial charge in [-0.15, -0.1) is 11.3 Å². The zero-order valence-electron chi connectivity index (χ0n) is 10.8. The number of nitrogens with one attached hydrogen (secondary N) is 1. The van der Waals surface area contributed by atoms with Gasteiger partial charge in [-0.2, -0.15) is 0 Å². The molecule has 1 amide bonds. The van der Waals surface area contributed by atoms with Crippen LogP contribution in [0.3, 0.4) is 0 Å². The summed E-state index contributed by atoms with van der Waals surface area (Å²) in [5, 5.41) is 5.35. The summed E-state index contributed by atoms with van der Waals surface area (Å²) in [4.78, 5) is 16.0. The number of hydrogen-bond acceptors (Lipinski definition) is 3. The van der Waals surface area contributed by atoms with Crippen LogP contribution in [0.25, 0.3) is 0 Å². The Morgan fingerprint density at radius 2 is 2.33 bits per heavy atom. The second-order valence-electron chi connectivity index (χ2n) is 5.48. The van der Waals surface area contributed by atoms with E-state index in [1.54, 1.807) is 11.3 Å². The molecule has 2 fully saturated rings. The Kier molecular flexibility index (Phi) is 3.39. The molecule has 1 atom stereocenters. The molecule has 0 spiro atoms. The van der Waals surface area contributed by atoms with Crippen LogP contribution in [0.15, 0.2) is 17.5 Å². The lowest BCUT2D eigenvalue weighted by atomic mass is 9.88. The lowest BCUT2D eigenvalue weighted by Crippen LogP contribution is -2.50. The molecule has 1 saturated heterocycles. The van der Waals surface area contributed by atoms with Crippen LogP contribution in [-0.4, -0.2) is 29.9 Å². The van der Waals surface area contributed by atoms with Gasteiger partial charge in [-0.1, -0.05) is 13.0 Å². The molecule has 2 heterocycles. The number of hydrogen-bond donors (Lipinski definition) is 1. The maximum Gasteiger partial charge on any atom is 0.226 e. The smallest absolute Gasteiger partial charge is 0.226 e. The van der Waals surface area contributed by atoms with E-state index in [0.717, 1.165) is 19.6 Å². The lowest BCUT2D eigenvalue weighted by molar-refractivity contribution is -0.138. The van der Waals surface area contributed by atoms with Gasteiger partial charge >= 0.3 is 0 Å². The van der Waals surface area contributed by atoms with E-state index in [1.165, 1.54) is 17.7 Å². The predicted molar refractivity (Wildman–Crippen MR) is 73.4 cm³/mol. The Hall–Kier alpha value is -0.870. The summed E-state index contributed by atoms with van der Waals surface area (Å²) in [6.07, 6.45) is 2.37. The van der Waals surface area contributed by atoms with Gasteiger partial charge in [0.25, 0.3) is 0 Å². The molecule has 1 unspecified atom stereocenters.